The van der Waals surface area contributed by atoms with Crippen LogP contribution in [-0.4, -0.2) is 6.04 Å². The van der Waals surface area contributed by atoms with Crippen LogP contribution in [0.5, 0.6) is 0 Å². The van der Waals surface area contributed by atoms with Gasteiger partial charge in [-0.1, -0.05) is 255 Å². The van der Waals surface area contributed by atoms with E-state index in [0.29, 0.717) is 0 Å². The Hall–Kier alpha value is -9.50. The molecule has 75 heavy (non-hydrogen) atoms. The van der Waals surface area contributed by atoms with Gasteiger partial charge >= 0.3 is 0 Å². The summed E-state index contributed by atoms with van der Waals surface area (Å²) >= 11 is 0. The van der Waals surface area contributed by atoms with Crippen molar-refractivity contribution in [2.75, 3.05) is 9.80 Å². The molecule has 0 spiro atoms. The first-order chi connectivity index (χ1) is 37.2. The van der Waals surface area contributed by atoms with Gasteiger partial charge in [0, 0.05) is 34.4 Å². The maximum absolute atomic E-state index is 2.58. The fourth-order valence-corrected chi connectivity index (χ4v) is 12.0. The van der Waals surface area contributed by atoms with Gasteiger partial charge in [-0.3, -0.25) is 0 Å². The van der Waals surface area contributed by atoms with E-state index in [4.69, 9.17) is 0 Å². The molecule has 3 unspecified atom stereocenters. The highest BCUT2D eigenvalue weighted by atomic mass is 15.2. The van der Waals surface area contributed by atoms with Gasteiger partial charge in [0.05, 0.1) is 11.5 Å². The molecule has 0 aromatic heterocycles. The second-order valence-corrected chi connectivity index (χ2v) is 19.6. The molecule has 2 heteroatoms. The second kappa shape index (κ2) is 19.8. The number of benzene rings is 11. The summed E-state index contributed by atoms with van der Waals surface area (Å²) in [4.78, 5) is 4.99. The number of rotatable bonds is 12. The number of fused-ring (bicyclic) bond motifs is 3. The van der Waals surface area contributed by atoms with Gasteiger partial charge in [-0.15, -0.1) is 0 Å². The highest BCUT2D eigenvalue weighted by Crippen LogP contribution is 2.61. The van der Waals surface area contributed by atoms with Crippen molar-refractivity contribution >= 4 is 28.4 Å². The molecule has 0 bridgehead atoms. The number of nitrogens with zero attached hydrogens (tertiary/aromatic N) is 2. The van der Waals surface area contributed by atoms with E-state index < -0.39 is 5.41 Å². The minimum Gasteiger partial charge on any atom is -0.334 e. The van der Waals surface area contributed by atoms with Crippen molar-refractivity contribution < 1.29 is 0 Å². The van der Waals surface area contributed by atoms with Crippen molar-refractivity contribution in [2.45, 2.75) is 17.4 Å². The highest BCUT2D eigenvalue weighted by Gasteiger charge is 2.53. The molecule has 0 saturated heterocycles. The minimum absolute atomic E-state index is 0.00447. The van der Waals surface area contributed by atoms with Gasteiger partial charge in [-0.05, 0) is 133 Å². The smallest absolute Gasteiger partial charge is 0.0675 e. The summed E-state index contributed by atoms with van der Waals surface area (Å²) in [5, 5.41) is 0. The van der Waals surface area contributed by atoms with Crippen molar-refractivity contribution in [3.05, 3.63) is 343 Å². The maximum atomic E-state index is 2.58. The fraction of sp³-hybridized carbons (Fsp3) is 0.0411. The lowest BCUT2D eigenvalue weighted by atomic mass is 9.65. The van der Waals surface area contributed by atoms with Crippen LogP contribution in [0.1, 0.15) is 28.2 Å². The van der Waals surface area contributed by atoms with Crippen molar-refractivity contribution in [3.63, 3.8) is 0 Å². The van der Waals surface area contributed by atoms with Crippen LogP contribution < -0.4 is 9.80 Å². The topological polar surface area (TPSA) is 6.48 Å². The van der Waals surface area contributed by atoms with Crippen LogP contribution in [0.25, 0.3) is 44.5 Å². The van der Waals surface area contributed by atoms with Crippen LogP contribution in [-0.2, 0) is 5.41 Å². The molecule has 0 fully saturated rings. The Kier molecular flexibility index (Phi) is 12.0. The van der Waals surface area contributed by atoms with Crippen molar-refractivity contribution in [1.29, 1.82) is 0 Å². The molecule has 11 aromatic rings. The molecule has 0 N–H and O–H groups in total. The molecule has 2 nitrogen and oxygen atoms in total. The van der Waals surface area contributed by atoms with Crippen LogP contribution in [0.15, 0.2) is 321 Å². The van der Waals surface area contributed by atoms with E-state index in [-0.39, 0.29) is 12.0 Å². The SMILES string of the molecule is C1=CC(N(c2ccc(-c3ccccc3)cc2)c2ccc(-c3ccccc3)cc2)C2C(=C1)C(c1ccccc1)(c1cccc(N(c3ccc(-c4ccccc4)cc3)c3ccc(-c4ccccc4)cc3)c1)c1ccccc12. The van der Waals surface area contributed by atoms with Crippen molar-refractivity contribution in [2.24, 2.45) is 0 Å². The zero-order valence-corrected chi connectivity index (χ0v) is 41.6. The Morgan fingerprint density at radius 3 is 1.12 bits per heavy atom. The van der Waals surface area contributed by atoms with Crippen LogP contribution in [0, 0.1) is 0 Å². The molecule has 0 saturated carbocycles. The van der Waals surface area contributed by atoms with Crippen molar-refractivity contribution in [1.82, 2.24) is 0 Å². The number of hydrogen-bond acceptors (Lipinski definition) is 2. The fourth-order valence-electron chi connectivity index (χ4n) is 12.0. The third kappa shape index (κ3) is 8.37. The Bertz CT molecular complexity index is 3610. The summed E-state index contributed by atoms with van der Waals surface area (Å²) in [6, 6.07) is 109. The van der Waals surface area contributed by atoms with Crippen LogP contribution in [0.2, 0.25) is 0 Å². The average Bonchev–Trinajstić information content (AvgIpc) is 3.83. The summed E-state index contributed by atoms with van der Waals surface area (Å²) in [7, 11) is 0. The van der Waals surface area contributed by atoms with Gasteiger partial charge < -0.3 is 9.80 Å². The van der Waals surface area contributed by atoms with Crippen molar-refractivity contribution in [3.8, 4) is 44.5 Å². The van der Waals surface area contributed by atoms with E-state index in [2.05, 4.69) is 325 Å². The van der Waals surface area contributed by atoms with Gasteiger partial charge in [0.25, 0.3) is 0 Å². The highest BCUT2D eigenvalue weighted by molar-refractivity contribution is 5.83. The summed E-state index contributed by atoms with van der Waals surface area (Å²) in [5.41, 5.74) is 21.0. The molecule has 0 aliphatic heterocycles. The lowest BCUT2D eigenvalue weighted by Gasteiger charge is -2.41. The first-order valence-electron chi connectivity index (χ1n) is 26.1. The molecule has 0 radical (unpaired) electrons. The van der Waals surface area contributed by atoms with E-state index in [1.165, 1.54) is 72.3 Å². The molecule has 2 aliphatic carbocycles. The Morgan fingerprint density at radius 1 is 0.293 bits per heavy atom. The van der Waals surface area contributed by atoms with E-state index >= 15 is 0 Å². The van der Waals surface area contributed by atoms with Gasteiger partial charge in [-0.2, -0.15) is 0 Å². The zero-order valence-electron chi connectivity index (χ0n) is 41.6. The summed E-state index contributed by atoms with van der Waals surface area (Å²) in [6.45, 7) is 0. The summed E-state index contributed by atoms with van der Waals surface area (Å²) < 4.78 is 0. The first kappa shape index (κ1) is 45.4. The molecule has 0 heterocycles. The monoisotopic (exact) mass is 958 g/mol. The average molecular weight is 959 g/mol. The van der Waals surface area contributed by atoms with E-state index in [1.54, 1.807) is 0 Å². The minimum atomic E-state index is -0.623. The number of hydrogen-bond donors (Lipinski definition) is 0. The molecule has 356 valence electrons. The molecule has 2 aliphatic rings. The largest absolute Gasteiger partial charge is 0.334 e. The van der Waals surface area contributed by atoms with E-state index in [1.807, 2.05) is 0 Å². The van der Waals surface area contributed by atoms with Gasteiger partial charge in [0.2, 0.25) is 0 Å². The molecular formula is C73H54N2. The lowest BCUT2D eigenvalue weighted by molar-refractivity contribution is 0.627. The van der Waals surface area contributed by atoms with Crippen LogP contribution >= 0.6 is 0 Å². The van der Waals surface area contributed by atoms with Gasteiger partial charge in [0.1, 0.15) is 0 Å². The van der Waals surface area contributed by atoms with Gasteiger partial charge in [-0.25, -0.2) is 0 Å². The Morgan fingerprint density at radius 2 is 0.667 bits per heavy atom. The van der Waals surface area contributed by atoms with E-state index in [0.717, 1.165) is 28.4 Å². The summed E-state index contributed by atoms with van der Waals surface area (Å²) in [5.74, 6) is 0.00447. The van der Waals surface area contributed by atoms with Crippen LogP contribution in [0.4, 0.5) is 28.4 Å². The standard InChI is InChI=1S/C73H54N2/c1-6-20-53(21-7-1)57-36-44-63(45-37-57)74(64-46-38-58(39-47-64)54-22-8-2-9-23-54)67-31-18-30-62(52-67)73(61-28-14-5-15-29-61)69-33-17-16-32-68(69)72-70(73)34-19-35-71(72)75(65-48-40-59(41-49-65)55-24-10-3-11-25-55)66-50-42-60(43-51-66)56-26-12-4-13-27-56/h1-52,71-72H. The Labute approximate surface area is 441 Å². The third-order valence-electron chi connectivity index (χ3n) is 15.4. The van der Waals surface area contributed by atoms with Gasteiger partial charge in [0.15, 0.2) is 0 Å². The number of anilines is 5. The second-order valence-electron chi connectivity index (χ2n) is 19.6. The predicted molar refractivity (Wildman–Crippen MR) is 314 cm³/mol. The molecule has 3 atom stereocenters. The zero-order chi connectivity index (χ0) is 50.0. The maximum Gasteiger partial charge on any atom is 0.0675 e. The molecule has 13 rings (SSSR count). The predicted octanol–water partition coefficient (Wildman–Crippen LogP) is 19.0. The molecular weight excluding hydrogens is 905 g/mol. The molecule has 0 amide bonds. The quantitative estimate of drug-likeness (QED) is 0.120. The van der Waals surface area contributed by atoms with Crippen LogP contribution in [0.3, 0.4) is 0 Å². The third-order valence-corrected chi connectivity index (χ3v) is 15.4. The molecule has 11 aromatic carbocycles. The first-order valence-corrected chi connectivity index (χ1v) is 26.1. The Balaban J connectivity index is 0.965. The lowest BCUT2D eigenvalue weighted by Crippen LogP contribution is -2.38. The van der Waals surface area contributed by atoms with E-state index in [9.17, 15) is 0 Å². The number of allylic oxidation sites excluding steroid dienone is 2. The summed E-state index contributed by atoms with van der Waals surface area (Å²) in [6.07, 6.45) is 7.18. The normalized spacial score (nSPS) is 16.3.